The molecule has 0 unspecified atom stereocenters. The van der Waals surface area contributed by atoms with Gasteiger partial charge in [0.05, 0.1) is 21.6 Å². The number of nitro groups is 2. The second kappa shape index (κ2) is 6.48. The number of nitrogens with zero attached hydrogens (tertiary/aromatic N) is 3. The van der Waals surface area contributed by atoms with Crippen LogP contribution < -0.4 is 4.72 Å². The van der Waals surface area contributed by atoms with Gasteiger partial charge in [0.25, 0.3) is 21.4 Å². The Morgan fingerprint density at radius 3 is 2.40 bits per heavy atom. The smallest absolute Gasteiger partial charge is 0.356 e. The van der Waals surface area contributed by atoms with Crippen molar-refractivity contribution in [1.29, 1.82) is 0 Å². The molecule has 13 heteroatoms. The van der Waals surface area contributed by atoms with E-state index < -0.39 is 53.5 Å². The first-order valence-corrected chi connectivity index (χ1v) is 7.76. The molecule has 0 aliphatic heterocycles. The summed E-state index contributed by atoms with van der Waals surface area (Å²) in [4.78, 5) is 33.4. The van der Waals surface area contributed by atoms with E-state index in [0.717, 1.165) is 18.3 Å². The van der Waals surface area contributed by atoms with Crippen LogP contribution in [-0.4, -0.2) is 34.3 Å². The van der Waals surface area contributed by atoms with Gasteiger partial charge in [-0.15, -0.1) is 0 Å². The number of carboxylic acids is 1. The molecule has 2 aromatic rings. The summed E-state index contributed by atoms with van der Waals surface area (Å²) in [6.45, 7) is 0. The van der Waals surface area contributed by atoms with Crippen LogP contribution in [0, 0.1) is 20.2 Å². The number of nitro benzene ring substituents is 2. The van der Waals surface area contributed by atoms with Crippen LogP contribution in [0.25, 0.3) is 0 Å². The second-order valence-electron chi connectivity index (χ2n) is 4.48. The zero-order valence-electron chi connectivity index (χ0n) is 12.0. The SMILES string of the molecule is O=C(O)c1ncccc1NS(=O)(=O)c1ccc([N+](=O)[O-])cc1[N+](=O)[O-]. The number of non-ortho nitro benzene ring substituents is 1. The second-order valence-corrected chi connectivity index (χ2v) is 6.13. The van der Waals surface area contributed by atoms with Crippen molar-refractivity contribution >= 4 is 33.1 Å². The van der Waals surface area contributed by atoms with Gasteiger partial charge in [-0.05, 0) is 18.2 Å². The molecule has 12 nitrogen and oxygen atoms in total. The molecular weight excluding hydrogens is 360 g/mol. The lowest BCUT2D eigenvalue weighted by atomic mass is 10.3. The summed E-state index contributed by atoms with van der Waals surface area (Å²) in [7, 11) is -4.61. The van der Waals surface area contributed by atoms with Crippen molar-refractivity contribution in [2.45, 2.75) is 4.90 Å². The van der Waals surface area contributed by atoms with Crippen molar-refractivity contribution in [1.82, 2.24) is 4.98 Å². The Morgan fingerprint density at radius 2 is 1.84 bits per heavy atom. The molecule has 1 aromatic carbocycles. The van der Waals surface area contributed by atoms with E-state index in [1.165, 1.54) is 6.07 Å². The molecule has 2 N–H and O–H groups in total. The number of rotatable bonds is 6. The molecule has 2 rings (SSSR count). The van der Waals surface area contributed by atoms with Gasteiger partial charge in [0.15, 0.2) is 10.6 Å². The molecule has 0 saturated carbocycles. The predicted molar refractivity (Wildman–Crippen MR) is 81.8 cm³/mol. The largest absolute Gasteiger partial charge is 0.476 e. The van der Waals surface area contributed by atoms with E-state index in [1.54, 1.807) is 0 Å². The van der Waals surface area contributed by atoms with Gasteiger partial charge >= 0.3 is 5.97 Å². The molecule has 0 spiro atoms. The van der Waals surface area contributed by atoms with Gasteiger partial charge in [0, 0.05) is 12.3 Å². The maximum Gasteiger partial charge on any atom is 0.356 e. The van der Waals surface area contributed by atoms with E-state index in [2.05, 4.69) is 4.98 Å². The lowest BCUT2D eigenvalue weighted by molar-refractivity contribution is -0.396. The minimum absolute atomic E-state index is 0.414. The van der Waals surface area contributed by atoms with Crippen molar-refractivity contribution in [3.8, 4) is 0 Å². The summed E-state index contributed by atoms with van der Waals surface area (Å²) in [5, 5.41) is 30.7. The molecule has 0 saturated heterocycles. The molecule has 0 atom stereocenters. The quantitative estimate of drug-likeness (QED) is 0.562. The van der Waals surface area contributed by atoms with Gasteiger partial charge in [-0.25, -0.2) is 18.2 Å². The van der Waals surface area contributed by atoms with Crippen molar-refractivity contribution in [2.75, 3.05) is 4.72 Å². The molecule has 0 aliphatic rings. The molecule has 25 heavy (non-hydrogen) atoms. The normalized spacial score (nSPS) is 10.9. The number of nitrogens with one attached hydrogen (secondary N) is 1. The molecule has 0 radical (unpaired) electrons. The van der Waals surface area contributed by atoms with Crippen LogP contribution >= 0.6 is 0 Å². The Morgan fingerprint density at radius 1 is 1.16 bits per heavy atom. The van der Waals surface area contributed by atoms with Gasteiger partial charge in [-0.3, -0.25) is 25.0 Å². The van der Waals surface area contributed by atoms with Crippen molar-refractivity contribution in [3.63, 3.8) is 0 Å². The van der Waals surface area contributed by atoms with E-state index in [0.29, 0.717) is 12.1 Å². The molecule has 1 heterocycles. The minimum atomic E-state index is -4.61. The molecule has 130 valence electrons. The van der Waals surface area contributed by atoms with Gasteiger partial charge in [-0.1, -0.05) is 0 Å². The maximum absolute atomic E-state index is 12.4. The zero-order valence-corrected chi connectivity index (χ0v) is 12.8. The van der Waals surface area contributed by atoms with Crippen molar-refractivity contribution < 1.29 is 28.2 Å². The Hall–Kier alpha value is -3.61. The topological polar surface area (TPSA) is 183 Å². The third-order valence-electron chi connectivity index (χ3n) is 2.89. The monoisotopic (exact) mass is 368 g/mol. The van der Waals surface area contributed by atoms with Gasteiger partial charge in [0.1, 0.15) is 0 Å². The van der Waals surface area contributed by atoms with Crippen LogP contribution in [-0.2, 0) is 10.0 Å². The van der Waals surface area contributed by atoms with Crippen LogP contribution in [0.3, 0.4) is 0 Å². The summed E-state index contributed by atoms with van der Waals surface area (Å²) < 4.78 is 26.6. The third kappa shape index (κ3) is 3.66. The average molecular weight is 368 g/mol. The van der Waals surface area contributed by atoms with Crippen LogP contribution in [0.15, 0.2) is 41.4 Å². The van der Waals surface area contributed by atoms with E-state index in [4.69, 9.17) is 5.11 Å². The first-order valence-electron chi connectivity index (χ1n) is 6.27. The number of sulfonamides is 1. The Bertz CT molecular complexity index is 988. The van der Waals surface area contributed by atoms with Gasteiger partial charge in [-0.2, -0.15) is 0 Å². The van der Waals surface area contributed by atoms with E-state index >= 15 is 0 Å². The summed E-state index contributed by atoms with van der Waals surface area (Å²) in [6, 6.07) is 4.33. The summed E-state index contributed by atoms with van der Waals surface area (Å²) >= 11 is 0. The average Bonchev–Trinajstić information content (AvgIpc) is 2.54. The number of hydrogen-bond acceptors (Lipinski definition) is 8. The lowest BCUT2D eigenvalue weighted by Crippen LogP contribution is -2.17. The highest BCUT2D eigenvalue weighted by atomic mass is 32.2. The minimum Gasteiger partial charge on any atom is -0.476 e. The third-order valence-corrected chi connectivity index (χ3v) is 4.31. The number of benzene rings is 1. The van der Waals surface area contributed by atoms with E-state index in [9.17, 15) is 33.4 Å². The first kappa shape index (κ1) is 17.7. The number of hydrogen-bond donors (Lipinski definition) is 2. The fraction of sp³-hybridized carbons (Fsp3) is 0. The zero-order chi connectivity index (χ0) is 18.8. The van der Waals surface area contributed by atoms with Crippen LogP contribution in [0.4, 0.5) is 17.1 Å². The molecule has 0 bridgehead atoms. The highest BCUT2D eigenvalue weighted by Gasteiger charge is 2.29. The molecule has 0 aliphatic carbocycles. The Balaban J connectivity index is 2.56. The predicted octanol–water partition coefficient (Wildman–Crippen LogP) is 1.40. The number of carboxylic acid groups (broad SMARTS) is 1. The Kier molecular flexibility index (Phi) is 4.60. The van der Waals surface area contributed by atoms with Gasteiger partial charge in [0.2, 0.25) is 0 Å². The number of pyridine rings is 1. The molecular formula is C12H8N4O8S. The number of anilines is 1. The number of aromatic carboxylic acids is 1. The fourth-order valence-corrected chi connectivity index (χ4v) is 3.07. The van der Waals surface area contributed by atoms with E-state index in [-0.39, 0.29) is 0 Å². The highest BCUT2D eigenvalue weighted by molar-refractivity contribution is 7.92. The summed E-state index contributed by atoms with van der Waals surface area (Å²) in [6.07, 6.45) is 1.12. The molecule has 0 fully saturated rings. The number of aromatic nitrogens is 1. The molecule has 1 aromatic heterocycles. The highest BCUT2D eigenvalue weighted by Crippen LogP contribution is 2.30. The van der Waals surface area contributed by atoms with Crippen LogP contribution in [0.2, 0.25) is 0 Å². The number of carbonyl (C=O) groups is 1. The standard InChI is InChI=1S/C12H8N4O8S/c17-12(18)11-8(2-1-5-13-11)14-25(23,24)10-4-3-7(15(19)20)6-9(10)16(21)22/h1-6,14H,(H,17,18). The van der Waals surface area contributed by atoms with E-state index in [1.807, 2.05) is 4.72 Å². The van der Waals surface area contributed by atoms with Crippen LogP contribution in [0.1, 0.15) is 10.5 Å². The first-order chi connectivity index (χ1) is 11.6. The summed E-state index contributed by atoms with van der Waals surface area (Å²) in [5.74, 6) is -1.52. The molecule has 0 amide bonds. The van der Waals surface area contributed by atoms with Gasteiger partial charge < -0.3 is 5.11 Å². The van der Waals surface area contributed by atoms with Crippen molar-refractivity contribution in [2.24, 2.45) is 0 Å². The summed E-state index contributed by atoms with van der Waals surface area (Å²) in [5.41, 5.74) is -2.72. The maximum atomic E-state index is 12.4. The van der Waals surface area contributed by atoms with Crippen molar-refractivity contribution in [3.05, 3.63) is 62.5 Å². The lowest BCUT2D eigenvalue weighted by Gasteiger charge is -2.10. The fourth-order valence-electron chi connectivity index (χ4n) is 1.85. The van der Waals surface area contributed by atoms with Crippen LogP contribution in [0.5, 0.6) is 0 Å². The Labute approximate surface area is 139 Å².